The number of nitrogens with one attached hydrogen (secondary N) is 1. The molecular formula is C19H25N3OS. The molecule has 0 fully saturated rings. The Morgan fingerprint density at radius 2 is 2.04 bits per heavy atom. The van der Waals surface area contributed by atoms with E-state index in [0.717, 1.165) is 10.6 Å². The van der Waals surface area contributed by atoms with Crippen molar-refractivity contribution in [2.75, 3.05) is 6.54 Å². The topological polar surface area (TPSA) is 50.1 Å². The minimum absolute atomic E-state index is 0.0162. The molecule has 0 aliphatic carbocycles. The van der Waals surface area contributed by atoms with Gasteiger partial charge in [0.25, 0.3) is 0 Å². The third-order valence-corrected chi connectivity index (χ3v) is 5.26. The van der Waals surface area contributed by atoms with E-state index in [1.807, 2.05) is 23.9 Å². The second kappa shape index (κ2) is 6.67. The number of benzene rings is 1. The van der Waals surface area contributed by atoms with E-state index in [1.165, 1.54) is 15.6 Å². The fraction of sp³-hybridized carbons (Fsp3) is 0.421. The molecule has 0 bridgehead atoms. The van der Waals surface area contributed by atoms with Crippen molar-refractivity contribution in [1.82, 2.24) is 15.1 Å². The molecule has 4 nitrogen and oxygen atoms in total. The van der Waals surface area contributed by atoms with Crippen LogP contribution >= 0.6 is 11.3 Å². The van der Waals surface area contributed by atoms with Crippen molar-refractivity contribution in [3.8, 4) is 0 Å². The second-order valence-corrected chi connectivity index (χ2v) is 8.38. The van der Waals surface area contributed by atoms with Crippen LogP contribution in [0, 0.1) is 0 Å². The van der Waals surface area contributed by atoms with E-state index in [4.69, 9.17) is 0 Å². The van der Waals surface area contributed by atoms with Gasteiger partial charge in [-0.3, -0.25) is 4.68 Å². The lowest BCUT2D eigenvalue weighted by atomic mass is 9.89. The largest absolute Gasteiger partial charge is 0.386 e. The summed E-state index contributed by atoms with van der Waals surface area (Å²) in [5, 5.41) is 19.6. The zero-order valence-corrected chi connectivity index (χ0v) is 15.5. The molecule has 0 amide bonds. The highest BCUT2D eigenvalue weighted by Crippen LogP contribution is 2.29. The first-order chi connectivity index (χ1) is 11.3. The van der Waals surface area contributed by atoms with E-state index in [9.17, 15) is 5.11 Å². The smallest absolute Gasteiger partial charge is 0.101 e. The lowest BCUT2D eigenvalue weighted by Gasteiger charge is -2.18. The Hall–Kier alpha value is -1.69. The van der Waals surface area contributed by atoms with Crippen LogP contribution in [0.2, 0.25) is 0 Å². The molecule has 2 heterocycles. The normalized spacial score (nSPS) is 13.5. The number of aliphatic hydroxyl groups excluding tert-OH is 1. The first kappa shape index (κ1) is 17.1. The van der Waals surface area contributed by atoms with Gasteiger partial charge >= 0.3 is 0 Å². The Labute approximate surface area is 147 Å². The number of aryl methyl sites for hydroxylation is 1. The van der Waals surface area contributed by atoms with E-state index in [-0.39, 0.29) is 5.41 Å². The van der Waals surface area contributed by atoms with Crippen molar-refractivity contribution >= 4 is 21.4 Å². The maximum Gasteiger partial charge on any atom is 0.101 e. The Bertz CT molecular complexity index is 796. The predicted molar refractivity (Wildman–Crippen MR) is 100 cm³/mol. The number of hydrogen-bond acceptors (Lipinski definition) is 4. The van der Waals surface area contributed by atoms with Crippen LogP contribution in [0.1, 0.15) is 43.0 Å². The number of nitrogens with zero attached hydrogens (tertiary/aromatic N) is 2. The van der Waals surface area contributed by atoms with Gasteiger partial charge in [-0.2, -0.15) is 5.10 Å². The molecule has 2 N–H and O–H groups in total. The highest BCUT2D eigenvalue weighted by Gasteiger charge is 2.21. The van der Waals surface area contributed by atoms with E-state index in [1.54, 1.807) is 11.3 Å². The summed E-state index contributed by atoms with van der Waals surface area (Å²) in [6.07, 6.45) is 1.57. The molecular weight excluding hydrogens is 318 g/mol. The summed E-state index contributed by atoms with van der Waals surface area (Å²) in [6, 6.07) is 10.3. The minimum Gasteiger partial charge on any atom is -0.386 e. The van der Waals surface area contributed by atoms with Gasteiger partial charge in [-0.15, -0.1) is 11.3 Å². The Morgan fingerprint density at radius 3 is 2.75 bits per heavy atom. The Kier molecular flexibility index (Phi) is 4.76. The number of thiophene rings is 1. The number of aromatic nitrogens is 2. The van der Waals surface area contributed by atoms with Crippen molar-refractivity contribution in [2.24, 2.45) is 7.05 Å². The van der Waals surface area contributed by atoms with Gasteiger partial charge in [-0.1, -0.05) is 39.0 Å². The van der Waals surface area contributed by atoms with Gasteiger partial charge in [0.05, 0.1) is 5.69 Å². The third kappa shape index (κ3) is 3.69. The van der Waals surface area contributed by atoms with E-state index in [2.05, 4.69) is 55.6 Å². The molecule has 3 rings (SSSR count). The molecule has 0 saturated heterocycles. The monoisotopic (exact) mass is 343 g/mol. The molecule has 0 radical (unpaired) electrons. The van der Waals surface area contributed by atoms with Crippen LogP contribution in [0.3, 0.4) is 0 Å². The van der Waals surface area contributed by atoms with Crippen molar-refractivity contribution in [3.05, 3.63) is 52.7 Å². The molecule has 1 aromatic carbocycles. The van der Waals surface area contributed by atoms with Crippen LogP contribution in [-0.2, 0) is 19.0 Å². The SMILES string of the molecule is Cn1cc(CNCC(O)c2cc3ccccc3s2)c(C(C)(C)C)n1. The van der Waals surface area contributed by atoms with Gasteiger partial charge in [0.1, 0.15) is 6.10 Å². The van der Waals surface area contributed by atoms with Crippen LogP contribution in [-0.4, -0.2) is 21.4 Å². The van der Waals surface area contributed by atoms with Gasteiger partial charge in [-0.25, -0.2) is 0 Å². The molecule has 128 valence electrons. The van der Waals surface area contributed by atoms with Gasteiger partial charge in [0.2, 0.25) is 0 Å². The number of rotatable bonds is 5. The zero-order chi connectivity index (χ0) is 17.3. The van der Waals surface area contributed by atoms with Crippen LogP contribution in [0.5, 0.6) is 0 Å². The van der Waals surface area contributed by atoms with E-state index < -0.39 is 6.10 Å². The molecule has 1 unspecified atom stereocenters. The summed E-state index contributed by atoms with van der Waals surface area (Å²) in [4.78, 5) is 1.01. The zero-order valence-electron chi connectivity index (χ0n) is 14.7. The highest BCUT2D eigenvalue weighted by molar-refractivity contribution is 7.19. The van der Waals surface area contributed by atoms with Gasteiger partial charge < -0.3 is 10.4 Å². The summed E-state index contributed by atoms with van der Waals surface area (Å²) in [5.41, 5.74) is 2.31. The number of hydrogen-bond donors (Lipinski definition) is 2. The van der Waals surface area contributed by atoms with Crippen molar-refractivity contribution in [3.63, 3.8) is 0 Å². The first-order valence-electron chi connectivity index (χ1n) is 8.25. The lowest BCUT2D eigenvalue weighted by Crippen LogP contribution is -2.23. The molecule has 2 aromatic heterocycles. The molecule has 0 saturated carbocycles. The van der Waals surface area contributed by atoms with Crippen molar-refractivity contribution < 1.29 is 5.11 Å². The van der Waals surface area contributed by atoms with Gasteiger partial charge in [0.15, 0.2) is 0 Å². The summed E-state index contributed by atoms with van der Waals surface area (Å²) in [6.45, 7) is 7.76. The van der Waals surface area contributed by atoms with Crippen LogP contribution < -0.4 is 5.32 Å². The standard InChI is InChI=1S/C19H25N3OS/c1-19(2,3)18-14(12-22(4)21-18)10-20-11-15(23)17-9-13-7-5-6-8-16(13)24-17/h5-9,12,15,20,23H,10-11H2,1-4H3. The maximum atomic E-state index is 10.5. The van der Waals surface area contributed by atoms with Crippen LogP contribution in [0.4, 0.5) is 0 Å². The molecule has 0 spiro atoms. The number of aliphatic hydroxyl groups is 1. The molecule has 3 aromatic rings. The van der Waals surface area contributed by atoms with E-state index in [0.29, 0.717) is 13.1 Å². The minimum atomic E-state index is -0.489. The molecule has 5 heteroatoms. The van der Waals surface area contributed by atoms with Crippen LogP contribution in [0.25, 0.3) is 10.1 Å². The van der Waals surface area contributed by atoms with Gasteiger partial charge in [0, 0.05) is 46.9 Å². The molecule has 24 heavy (non-hydrogen) atoms. The summed E-state index contributed by atoms with van der Waals surface area (Å²) < 4.78 is 3.08. The van der Waals surface area contributed by atoms with Crippen molar-refractivity contribution in [1.29, 1.82) is 0 Å². The summed E-state index contributed by atoms with van der Waals surface area (Å²) >= 11 is 1.66. The Morgan fingerprint density at radius 1 is 1.29 bits per heavy atom. The molecule has 1 atom stereocenters. The fourth-order valence-corrected chi connectivity index (χ4v) is 3.96. The second-order valence-electron chi connectivity index (χ2n) is 7.26. The number of fused-ring (bicyclic) bond motifs is 1. The molecule has 0 aliphatic rings. The maximum absolute atomic E-state index is 10.5. The summed E-state index contributed by atoms with van der Waals surface area (Å²) in [7, 11) is 1.95. The van der Waals surface area contributed by atoms with E-state index >= 15 is 0 Å². The lowest BCUT2D eigenvalue weighted by molar-refractivity contribution is 0.178. The van der Waals surface area contributed by atoms with Crippen LogP contribution in [0.15, 0.2) is 36.5 Å². The third-order valence-electron chi connectivity index (χ3n) is 4.04. The van der Waals surface area contributed by atoms with Gasteiger partial charge in [-0.05, 0) is 17.5 Å². The first-order valence-corrected chi connectivity index (χ1v) is 9.06. The predicted octanol–water partition coefficient (Wildman–Crippen LogP) is 3.76. The quantitative estimate of drug-likeness (QED) is 0.742. The fourth-order valence-electron chi connectivity index (χ4n) is 2.91. The average molecular weight is 343 g/mol. The molecule has 0 aliphatic heterocycles. The highest BCUT2D eigenvalue weighted by atomic mass is 32.1. The Balaban J connectivity index is 1.64. The average Bonchev–Trinajstić information content (AvgIpc) is 3.10. The summed E-state index contributed by atoms with van der Waals surface area (Å²) in [5.74, 6) is 0. The van der Waals surface area contributed by atoms with Crippen molar-refractivity contribution in [2.45, 2.75) is 38.8 Å².